The molecular weight excluding hydrogens is 268 g/mol. The largest absolute Gasteiger partial charge is 0.466 e. The molecule has 0 heterocycles. The highest BCUT2D eigenvalue weighted by molar-refractivity contribution is 6.03. The van der Waals surface area contributed by atoms with Crippen molar-refractivity contribution in [3.8, 4) is 0 Å². The van der Waals surface area contributed by atoms with Crippen molar-refractivity contribution >= 4 is 18.0 Å². The maximum absolute atomic E-state index is 12.8. The predicted molar refractivity (Wildman–Crippen MR) is 77.8 cm³/mol. The lowest BCUT2D eigenvalue weighted by atomic mass is 9.63. The van der Waals surface area contributed by atoms with E-state index in [-0.39, 0.29) is 24.8 Å². The molecule has 2 rings (SSSR count). The first kappa shape index (κ1) is 15.4. The number of ketones is 1. The minimum absolute atomic E-state index is 0.00796. The summed E-state index contributed by atoms with van der Waals surface area (Å²) in [6, 6.07) is 9.26. The van der Waals surface area contributed by atoms with Crippen molar-refractivity contribution in [2.45, 2.75) is 38.0 Å². The molecule has 2 atom stereocenters. The van der Waals surface area contributed by atoms with Crippen molar-refractivity contribution in [2.75, 3.05) is 6.61 Å². The number of Topliss-reactive ketones (excluding diaryl/α,β-unsaturated/α-hetero) is 1. The third-order valence-corrected chi connectivity index (χ3v) is 4.17. The number of hydrogen-bond donors (Lipinski definition) is 0. The van der Waals surface area contributed by atoms with E-state index in [0.29, 0.717) is 19.1 Å². The number of aldehydes is 1. The van der Waals surface area contributed by atoms with Gasteiger partial charge in [0.05, 0.1) is 24.4 Å². The summed E-state index contributed by atoms with van der Waals surface area (Å²) in [5, 5.41) is 0. The first-order valence-electron chi connectivity index (χ1n) is 7.35. The molecule has 0 bridgehead atoms. The normalized spacial score (nSPS) is 25.4. The Morgan fingerprint density at radius 2 is 2.10 bits per heavy atom. The molecule has 1 aromatic rings. The van der Waals surface area contributed by atoms with Crippen LogP contribution in [0.2, 0.25) is 0 Å². The van der Waals surface area contributed by atoms with Gasteiger partial charge in [-0.1, -0.05) is 36.8 Å². The summed E-state index contributed by atoms with van der Waals surface area (Å²) >= 11 is 0. The zero-order valence-electron chi connectivity index (χ0n) is 12.2. The molecule has 0 amide bonds. The molecule has 4 nitrogen and oxygen atoms in total. The van der Waals surface area contributed by atoms with Crippen LogP contribution >= 0.6 is 0 Å². The first-order chi connectivity index (χ1) is 10.1. The van der Waals surface area contributed by atoms with E-state index in [0.717, 1.165) is 12.0 Å². The lowest BCUT2D eigenvalue weighted by Gasteiger charge is -2.37. The molecule has 1 aliphatic carbocycles. The highest BCUT2D eigenvalue weighted by Crippen LogP contribution is 2.41. The van der Waals surface area contributed by atoms with Crippen LogP contribution in [0.1, 0.15) is 38.2 Å². The van der Waals surface area contributed by atoms with E-state index >= 15 is 0 Å². The van der Waals surface area contributed by atoms with Crippen LogP contribution in [0.4, 0.5) is 0 Å². The molecule has 2 unspecified atom stereocenters. The van der Waals surface area contributed by atoms with Crippen LogP contribution in [0.5, 0.6) is 0 Å². The Hall–Kier alpha value is -1.97. The Labute approximate surface area is 124 Å². The van der Waals surface area contributed by atoms with Crippen molar-refractivity contribution < 1.29 is 19.1 Å². The predicted octanol–water partition coefficient (Wildman–Crippen LogP) is 2.45. The number of benzene rings is 1. The number of ether oxygens (including phenoxy) is 1. The van der Waals surface area contributed by atoms with Crippen molar-refractivity contribution in [3.63, 3.8) is 0 Å². The van der Waals surface area contributed by atoms with Crippen LogP contribution in [0, 0.1) is 5.92 Å². The molecule has 21 heavy (non-hydrogen) atoms. The Morgan fingerprint density at radius 1 is 1.38 bits per heavy atom. The molecular formula is C17H20O4. The maximum atomic E-state index is 12.8. The van der Waals surface area contributed by atoms with Gasteiger partial charge in [-0.05, 0) is 25.3 Å². The van der Waals surface area contributed by atoms with E-state index in [1.54, 1.807) is 6.92 Å². The molecule has 4 heteroatoms. The Kier molecular flexibility index (Phi) is 4.89. The molecule has 0 N–H and O–H groups in total. The number of rotatable bonds is 5. The van der Waals surface area contributed by atoms with Gasteiger partial charge in [-0.2, -0.15) is 0 Å². The molecule has 0 saturated heterocycles. The summed E-state index contributed by atoms with van der Waals surface area (Å²) in [5.41, 5.74) is -0.119. The Balaban J connectivity index is 2.41. The molecule has 1 fully saturated rings. The third-order valence-electron chi connectivity index (χ3n) is 4.17. The average Bonchev–Trinajstić information content (AvgIpc) is 2.50. The minimum atomic E-state index is -0.919. The quantitative estimate of drug-likeness (QED) is 0.474. The number of carbonyl (C=O) groups excluding carboxylic acids is 3. The SMILES string of the molecule is CCOC(=O)CC1(c2ccccc2)CCCC(C=O)C1=O. The van der Waals surface area contributed by atoms with Crippen LogP contribution in [-0.2, 0) is 24.5 Å². The van der Waals surface area contributed by atoms with Gasteiger partial charge in [-0.15, -0.1) is 0 Å². The molecule has 0 aliphatic heterocycles. The Bertz CT molecular complexity index is 523. The van der Waals surface area contributed by atoms with Crippen LogP contribution in [-0.4, -0.2) is 24.6 Å². The van der Waals surface area contributed by atoms with Crippen molar-refractivity contribution in [1.82, 2.24) is 0 Å². The molecule has 0 radical (unpaired) electrons. The monoisotopic (exact) mass is 288 g/mol. The van der Waals surface area contributed by atoms with Crippen LogP contribution in [0.15, 0.2) is 30.3 Å². The standard InChI is InChI=1S/C17H20O4/c1-2-21-15(19)11-17(14-8-4-3-5-9-14)10-6-7-13(12-18)16(17)20/h3-5,8-9,12-13H,2,6-7,10-11H2,1H3. The number of carbonyl (C=O) groups is 3. The highest BCUT2D eigenvalue weighted by atomic mass is 16.5. The molecule has 1 aromatic carbocycles. The third kappa shape index (κ3) is 3.04. The van der Waals surface area contributed by atoms with E-state index in [1.807, 2.05) is 30.3 Å². The van der Waals surface area contributed by atoms with Gasteiger partial charge in [0.1, 0.15) is 6.29 Å². The van der Waals surface area contributed by atoms with Gasteiger partial charge in [-0.3, -0.25) is 9.59 Å². The van der Waals surface area contributed by atoms with Gasteiger partial charge in [0.25, 0.3) is 0 Å². The van der Waals surface area contributed by atoms with Crippen molar-refractivity contribution in [2.24, 2.45) is 5.92 Å². The van der Waals surface area contributed by atoms with Gasteiger partial charge in [-0.25, -0.2) is 0 Å². The molecule has 1 aliphatic rings. The summed E-state index contributed by atoms with van der Waals surface area (Å²) < 4.78 is 5.03. The van der Waals surface area contributed by atoms with Crippen LogP contribution < -0.4 is 0 Å². The zero-order chi connectivity index (χ0) is 15.3. The zero-order valence-corrected chi connectivity index (χ0v) is 12.2. The van der Waals surface area contributed by atoms with Gasteiger partial charge < -0.3 is 9.53 Å². The number of hydrogen-bond acceptors (Lipinski definition) is 4. The molecule has 0 aromatic heterocycles. The number of esters is 1. The minimum Gasteiger partial charge on any atom is -0.466 e. The summed E-state index contributed by atoms with van der Waals surface area (Å²) in [6.45, 7) is 2.03. The van der Waals surface area contributed by atoms with Crippen molar-refractivity contribution in [1.29, 1.82) is 0 Å². The van der Waals surface area contributed by atoms with Gasteiger partial charge >= 0.3 is 5.97 Å². The maximum Gasteiger partial charge on any atom is 0.307 e. The van der Waals surface area contributed by atoms with E-state index in [1.165, 1.54) is 0 Å². The van der Waals surface area contributed by atoms with Gasteiger partial charge in [0.2, 0.25) is 0 Å². The molecule has 1 saturated carbocycles. The fourth-order valence-electron chi connectivity index (χ4n) is 3.14. The smallest absolute Gasteiger partial charge is 0.307 e. The topological polar surface area (TPSA) is 60.4 Å². The van der Waals surface area contributed by atoms with E-state index < -0.39 is 11.3 Å². The first-order valence-corrected chi connectivity index (χ1v) is 7.35. The fraction of sp³-hybridized carbons (Fsp3) is 0.471. The second-order valence-electron chi connectivity index (χ2n) is 5.43. The summed E-state index contributed by atoms with van der Waals surface area (Å²) in [6.07, 6.45) is 2.63. The summed E-state index contributed by atoms with van der Waals surface area (Å²) in [5.74, 6) is -1.15. The molecule has 112 valence electrons. The van der Waals surface area contributed by atoms with E-state index in [2.05, 4.69) is 0 Å². The lowest BCUT2D eigenvalue weighted by Crippen LogP contribution is -2.45. The van der Waals surface area contributed by atoms with Gasteiger partial charge in [0.15, 0.2) is 5.78 Å². The fourth-order valence-corrected chi connectivity index (χ4v) is 3.14. The van der Waals surface area contributed by atoms with Crippen molar-refractivity contribution in [3.05, 3.63) is 35.9 Å². The van der Waals surface area contributed by atoms with E-state index in [4.69, 9.17) is 4.74 Å². The highest BCUT2D eigenvalue weighted by Gasteiger charge is 2.47. The lowest BCUT2D eigenvalue weighted by molar-refractivity contribution is -0.149. The second-order valence-corrected chi connectivity index (χ2v) is 5.43. The second kappa shape index (κ2) is 6.66. The molecule has 0 spiro atoms. The summed E-state index contributed by atoms with van der Waals surface area (Å²) in [4.78, 5) is 35.9. The van der Waals surface area contributed by atoms with Crippen LogP contribution in [0.3, 0.4) is 0 Å². The Morgan fingerprint density at radius 3 is 2.71 bits per heavy atom. The summed E-state index contributed by atoms with van der Waals surface area (Å²) in [7, 11) is 0. The van der Waals surface area contributed by atoms with Crippen LogP contribution in [0.25, 0.3) is 0 Å². The van der Waals surface area contributed by atoms with Gasteiger partial charge in [0, 0.05) is 0 Å². The van der Waals surface area contributed by atoms with E-state index in [9.17, 15) is 14.4 Å². The average molecular weight is 288 g/mol.